The van der Waals surface area contributed by atoms with E-state index in [0.717, 1.165) is 49.0 Å². The molecule has 1 aliphatic heterocycles. The van der Waals surface area contributed by atoms with Crippen molar-refractivity contribution in [2.24, 2.45) is 10.9 Å². The highest BCUT2D eigenvalue weighted by molar-refractivity contribution is 5.94. The molecule has 0 radical (unpaired) electrons. The first-order valence-electron chi connectivity index (χ1n) is 12.1. The Kier molecular flexibility index (Phi) is 9.36. The Morgan fingerprint density at radius 3 is 2.30 bits per heavy atom. The minimum absolute atomic E-state index is 0.0833. The van der Waals surface area contributed by atoms with Crippen LogP contribution in [0, 0.1) is 12.8 Å². The first-order valence-corrected chi connectivity index (χ1v) is 12.1. The Morgan fingerprint density at radius 1 is 1.09 bits per heavy atom. The van der Waals surface area contributed by atoms with Crippen LogP contribution in [0.15, 0.2) is 35.5 Å². The van der Waals surface area contributed by atoms with Crippen LogP contribution >= 0.6 is 0 Å². The number of aliphatic imine (C=N–C) groups is 1. The van der Waals surface area contributed by atoms with E-state index in [0.29, 0.717) is 11.5 Å². The second-order valence-corrected chi connectivity index (χ2v) is 9.16. The molecule has 1 amide bonds. The molecule has 0 atom stereocenters. The SMILES string of the molecule is CC1CCCCC1.CN=Cc1cnc(Nc2ccc(C(=O)N3CCN(C)CC3)cc2)nc1C. The molecule has 0 unspecified atom stereocenters. The predicted molar refractivity (Wildman–Crippen MR) is 136 cm³/mol. The summed E-state index contributed by atoms with van der Waals surface area (Å²) in [6.07, 6.45) is 10.9. The molecule has 2 aromatic rings. The fraction of sp³-hybridized carbons (Fsp3) is 0.538. The topological polar surface area (TPSA) is 73.7 Å². The van der Waals surface area contributed by atoms with Gasteiger partial charge < -0.3 is 15.1 Å². The second-order valence-electron chi connectivity index (χ2n) is 9.16. The number of benzene rings is 1. The number of hydrogen-bond donors (Lipinski definition) is 1. The molecule has 1 aromatic carbocycles. The van der Waals surface area contributed by atoms with Gasteiger partial charge >= 0.3 is 0 Å². The molecule has 2 heterocycles. The van der Waals surface area contributed by atoms with E-state index in [4.69, 9.17) is 0 Å². The molecule has 1 aliphatic carbocycles. The van der Waals surface area contributed by atoms with Crippen LogP contribution in [0.5, 0.6) is 0 Å². The number of carbonyl (C=O) groups is 1. The molecule has 1 N–H and O–H groups in total. The lowest BCUT2D eigenvalue weighted by Crippen LogP contribution is -2.47. The summed E-state index contributed by atoms with van der Waals surface area (Å²) in [4.78, 5) is 29.4. The molecule has 7 heteroatoms. The van der Waals surface area contributed by atoms with Crippen LogP contribution in [-0.2, 0) is 0 Å². The van der Waals surface area contributed by atoms with Gasteiger partial charge in [-0.05, 0) is 44.2 Å². The second kappa shape index (κ2) is 12.4. The highest BCUT2D eigenvalue weighted by Crippen LogP contribution is 2.22. The van der Waals surface area contributed by atoms with Crippen molar-refractivity contribution in [3.05, 3.63) is 47.3 Å². The van der Waals surface area contributed by atoms with Crippen molar-refractivity contribution in [3.63, 3.8) is 0 Å². The predicted octanol–water partition coefficient (Wildman–Crippen LogP) is 4.55. The molecule has 33 heavy (non-hydrogen) atoms. The average Bonchev–Trinajstić information content (AvgIpc) is 2.82. The van der Waals surface area contributed by atoms with Crippen molar-refractivity contribution in [1.82, 2.24) is 19.8 Å². The van der Waals surface area contributed by atoms with Gasteiger partial charge in [-0.1, -0.05) is 39.0 Å². The smallest absolute Gasteiger partial charge is 0.253 e. The third-order valence-corrected chi connectivity index (χ3v) is 6.36. The molecule has 0 spiro atoms. The summed E-state index contributed by atoms with van der Waals surface area (Å²) in [7, 11) is 3.80. The van der Waals surface area contributed by atoms with E-state index in [1.54, 1.807) is 19.5 Å². The number of carbonyl (C=O) groups excluding carboxylic acids is 1. The molecular weight excluding hydrogens is 412 g/mol. The zero-order valence-corrected chi connectivity index (χ0v) is 20.5. The van der Waals surface area contributed by atoms with Crippen LogP contribution < -0.4 is 5.32 Å². The number of rotatable bonds is 4. The summed E-state index contributed by atoms with van der Waals surface area (Å²) < 4.78 is 0. The van der Waals surface area contributed by atoms with Crippen molar-refractivity contribution < 1.29 is 4.79 Å². The van der Waals surface area contributed by atoms with E-state index in [-0.39, 0.29) is 5.91 Å². The highest BCUT2D eigenvalue weighted by atomic mass is 16.2. The summed E-state index contributed by atoms with van der Waals surface area (Å²) in [5.74, 6) is 1.64. The van der Waals surface area contributed by atoms with Crippen LogP contribution in [-0.4, -0.2) is 72.2 Å². The number of likely N-dealkylation sites (N-methyl/N-ethyl adjacent to an activating group) is 1. The fourth-order valence-corrected chi connectivity index (χ4v) is 4.13. The highest BCUT2D eigenvalue weighted by Gasteiger charge is 2.20. The molecule has 178 valence electrons. The summed E-state index contributed by atoms with van der Waals surface area (Å²) >= 11 is 0. The number of aryl methyl sites for hydroxylation is 1. The lowest BCUT2D eigenvalue weighted by atomic mass is 9.91. The van der Waals surface area contributed by atoms with Crippen LogP contribution in [0.4, 0.5) is 11.6 Å². The van der Waals surface area contributed by atoms with Crippen molar-refractivity contribution >= 4 is 23.8 Å². The first kappa shape index (κ1) is 24.8. The zero-order chi connectivity index (χ0) is 23.6. The maximum absolute atomic E-state index is 12.6. The van der Waals surface area contributed by atoms with Gasteiger partial charge in [0.2, 0.25) is 5.95 Å². The van der Waals surface area contributed by atoms with Crippen LogP contribution in [0.2, 0.25) is 0 Å². The monoisotopic (exact) mass is 450 g/mol. The van der Waals surface area contributed by atoms with Gasteiger partial charge in [-0.25, -0.2) is 9.97 Å². The van der Waals surface area contributed by atoms with Gasteiger partial charge in [0.15, 0.2) is 0 Å². The molecule has 0 bridgehead atoms. The van der Waals surface area contributed by atoms with Gasteiger partial charge in [0.25, 0.3) is 5.91 Å². The van der Waals surface area contributed by atoms with E-state index < -0.39 is 0 Å². The number of anilines is 2. The molecule has 7 nitrogen and oxygen atoms in total. The van der Waals surface area contributed by atoms with E-state index in [9.17, 15) is 4.79 Å². The van der Waals surface area contributed by atoms with E-state index >= 15 is 0 Å². The Balaban J connectivity index is 0.000000374. The Labute approximate surface area is 198 Å². The lowest BCUT2D eigenvalue weighted by Gasteiger charge is -2.32. The largest absolute Gasteiger partial charge is 0.336 e. The summed E-state index contributed by atoms with van der Waals surface area (Å²) in [5.41, 5.74) is 3.30. The minimum Gasteiger partial charge on any atom is -0.336 e. The van der Waals surface area contributed by atoms with Crippen molar-refractivity contribution in [3.8, 4) is 0 Å². The zero-order valence-electron chi connectivity index (χ0n) is 20.5. The number of piperazine rings is 1. The van der Waals surface area contributed by atoms with Crippen molar-refractivity contribution in [2.45, 2.75) is 46.0 Å². The molecular formula is C26H38N6O. The summed E-state index contributed by atoms with van der Waals surface area (Å²) in [6.45, 7) is 7.66. The lowest BCUT2D eigenvalue weighted by molar-refractivity contribution is 0.0664. The third kappa shape index (κ3) is 7.63. The standard InChI is InChI=1S/C19H24N6O.C7H14/c1-14-16(12-20-2)13-21-19(22-14)23-17-6-4-15(5-7-17)18(26)25-10-8-24(3)9-11-25;1-7-5-3-2-4-6-7/h4-7,12-13H,8-11H2,1-3H3,(H,21,22,23);7H,2-6H2,1H3. The quantitative estimate of drug-likeness (QED) is 0.692. The molecule has 4 rings (SSSR count). The van der Waals surface area contributed by atoms with Gasteiger partial charge in [0.1, 0.15) is 0 Å². The van der Waals surface area contributed by atoms with Gasteiger partial charge in [-0.2, -0.15) is 0 Å². The number of amides is 1. The number of aromatic nitrogens is 2. The molecule has 1 aromatic heterocycles. The Bertz CT molecular complexity index is 913. The number of nitrogens with zero attached hydrogens (tertiary/aromatic N) is 5. The van der Waals surface area contributed by atoms with Crippen LogP contribution in [0.1, 0.15) is 60.6 Å². The number of nitrogens with one attached hydrogen (secondary N) is 1. The van der Waals surface area contributed by atoms with E-state index in [1.165, 1.54) is 32.1 Å². The van der Waals surface area contributed by atoms with Crippen LogP contribution in [0.3, 0.4) is 0 Å². The molecule has 2 fully saturated rings. The average molecular weight is 451 g/mol. The minimum atomic E-state index is 0.0833. The molecule has 1 saturated carbocycles. The van der Waals surface area contributed by atoms with Gasteiger partial charge in [0, 0.05) is 62.5 Å². The third-order valence-electron chi connectivity index (χ3n) is 6.36. The molecule has 1 saturated heterocycles. The maximum Gasteiger partial charge on any atom is 0.253 e. The Morgan fingerprint density at radius 2 is 1.76 bits per heavy atom. The van der Waals surface area contributed by atoms with Crippen molar-refractivity contribution in [2.75, 3.05) is 45.6 Å². The van der Waals surface area contributed by atoms with Crippen LogP contribution in [0.25, 0.3) is 0 Å². The normalized spacial score (nSPS) is 17.5. The fourth-order valence-electron chi connectivity index (χ4n) is 4.13. The maximum atomic E-state index is 12.6. The van der Waals surface area contributed by atoms with Crippen molar-refractivity contribution in [1.29, 1.82) is 0 Å². The van der Waals surface area contributed by atoms with E-state index in [2.05, 4.69) is 39.1 Å². The van der Waals surface area contributed by atoms with E-state index in [1.807, 2.05) is 36.1 Å². The van der Waals surface area contributed by atoms with Gasteiger partial charge in [0.05, 0.1) is 5.69 Å². The first-order chi connectivity index (χ1) is 16.0. The summed E-state index contributed by atoms with van der Waals surface area (Å²) in [5, 5.41) is 3.17. The van der Waals surface area contributed by atoms with Gasteiger partial charge in [-0.15, -0.1) is 0 Å². The van der Waals surface area contributed by atoms with Gasteiger partial charge in [-0.3, -0.25) is 9.79 Å². The number of hydrogen-bond acceptors (Lipinski definition) is 6. The molecule has 2 aliphatic rings. The Hall–Kier alpha value is -2.80. The summed E-state index contributed by atoms with van der Waals surface area (Å²) in [6, 6.07) is 7.44.